The molecule has 0 amide bonds. The highest BCUT2D eigenvalue weighted by molar-refractivity contribution is 6.17. The predicted octanol–water partition coefficient (Wildman–Crippen LogP) is 3.96. The van der Waals surface area contributed by atoms with Crippen molar-refractivity contribution in [3.8, 4) is 0 Å². The molecule has 0 spiro atoms. The summed E-state index contributed by atoms with van der Waals surface area (Å²) < 4.78 is 0. The van der Waals surface area contributed by atoms with Crippen LogP contribution in [0.25, 0.3) is 0 Å². The molecule has 5 heteroatoms. The van der Waals surface area contributed by atoms with E-state index in [4.69, 9.17) is 11.6 Å². The molecule has 19 heavy (non-hydrogen) atoms. The second kappa shape index (κ2) is 6.24. The molecule has 0 radical (unpaired) electrons. The van der Waals surface area contributed by atoms with Crippen molar-refractivity contribution >= 4 is 23.0 Å². The van der Waals surface area contributed by atoms with E-state index >= 15 is 0 Å². The van der Waals surface area contributed by atoms with Gasteiger partial charge in [-0.05, 0) is 30.9 Å². The highest BCUT2D eigenvalue weighted by Crippen LogP contribution is 2.29. The van der Waals surface area contributed by atoms with Gasteiger partial charge in [0.25, 0.3) is 5.69 Å². The van der Waals surface area contributed by atoms with Gasteiger partial charge in [-0.25, -0.2) is 0 Å². The van der Waals surface area contributed by atoms with Gasteiger partial charge < -0.3 is 4.90 Å². The number of halogens is 1. The molecular weight excluding hydrogens is 264 g/mol. The molecule has 4 nitrogen and oxygen atoms in total. The predicted molar refractivity (Wildman–Crippen MR) is 77.9 cm³/mol. The van der Waals surface area contributed by atoms with Gasteiger partial charge in [-0.15, -0.1) is 11.6 Å². The number of nitro groups is 1. The number of hydrogen-bond acceptors (Lipinski definition) is 3. The fraction of sp³-hybridized carbons (Fsp3) is 0.571. The van der Waals surface area contributed by atoms with Crippen LogP contribution >= 0.6 is 11.6 Å². The highest BCUT2D eigenvalue weighted by atomic mass is 35.5. The fourth-order valence-corrected chi connectivity index (χ4v) is 2.99. The molecule has 0 bridgehead atoms. The van der Waals surface area contributed by atoms with Crippen molar-refractivity contribution < 1.29 is 4.92 Å². The van der Waals surface area contributed by atoms with Crippen LogP contribution < -0.4 is 4.90 Å². The topological polar surface area (TPSA) is 46.4 Å². The van der Waals surface area contributed by atoms with Crippen molar-refractivity contribution in [2.45, 2.75) is 31.6 Å². The average molecular weight is 283 g/mol. The van der Waals surface area contributed by atoms with E-state index in [0.717, 1.165) is 18.2 Å². The van der Waals surface area contributed by atoms with Crippen LogP contribution in [0.4, 0.5) is 11.4 Å². The highest BCUT2D eigenvalue weighted by Gasteiger charge is 2.19. The van der Waals surface area contributed by atoms with E-state index in [1.165, 1.54) is 25.7 Å². The fourth-order valence-electron chi connectivity index (χ4n) is 2.78. The van der Waals surface area contributed by atoms with E-state index in [-0.39, 0.29) is 16.5 Å². The maximum atomic E-state index is 10.9. The maximum absolute atomic E-state index is 10.9. The monoisotopic (exact) mass is 282 g/mol. The van der Waals surface area contributed by atoms with Gasteiger partial charge in [-0.1, -0.05) is 12.8 Å². The van der Waals surface area contributed by atoms with Crippen LogP contribution in [0.1, 0.15) is 31.2 Å². The van der Waals surface area contributed by atoms with Crippen LogP contribution in [0.3, 0.4) is 0 Å². The van der Waals surface area contributed by atoms with Crippen molar-refractivity contribution in [3.63, 3.8) is 0 Å². The molecule has 1 aromatic rings. The lowest BCUT2D eigenvalue weighted by Crippen LogP contribution is -2.24. The number of nitro benzene ring substituents is 1. The first-order valence-corrected chi connectivity index (χ1v) is 7.19. The minimum Gasteiger partial charge on any atom is -0.374 e. The van der Waals surface area contributed by atoms with Gasteiger partial charge in [0.15, 0.2) is 0 Å². The van der Waals surface area contributed by atoms with Crippen LogP contribution in [0.5, 0.6) is 0 Å². The molecule has 1 aliphatic rings. The summed E-state index contributed by atoms with van der Waals surface area (Å²) >= 11 is 5.80. The van der Waals surface area contributed by atoms with Crippen molar-refractivity contribution in [1.82, 2.24) is 0 Å². The maximum Gasteiger partial charge on any atom is 0.273 e. The van der Waals surface area contributed by atoms with E-state index in [2.05, 4.69) is 4.90 Å². The Balaban J connectivity index is 2.13. The Morgan fingerprint density at radius 3 is 2.68 bits per heavy atom. The molecule has 0 unspecified atom stereocenters. The van der Waals surface area contributed by atoms with E-state index in [1.807, 2.05) is 19.2 Å². The summed E-state index contributed by atoms with van der Waals surface area (Å²) in [6, 6.07) is 5.20. The number of hydrogen-bond donors (Lipinski definition) is 0. The van der Waals surface area contributed by atoms with Crippen LogP contribution in [-0.2, 0) is 5.88 Å². The zero-order chi connectivity index (χ0) is 13.8. The molecule has 1 aromatic carbocycles. The Morgan fingerprint density at radius 1 is 1.42 bits per heavy atom. The lowest BCUT2D eigenvalue weighted by molar-refractivity contribution is -0.385. The molecule has 0 saturated heterocycles. The van der Waals surface area contributed by atoms with Crippen LogP contribution in [0.15, 0.2) is 18.2 Å². The SMILES string of the molecule is CN(CC1CCCC1)c1ccc([N+](=O)[O-])c(CCl)c1. The first-order chi connectivity index (χ1) is 9.11. The third-order valence-electron chi connectivity index (χ3n) is 3.85. The van der Waals surface area contributed by atoms with Gasteiger partial charge in [-0.3, -0.25) is 10.1 Å². The summed E-state index contributed by atoms with van der Waals surface area (Å²) in [6.45, 7) is 1.01. The Kier molecular flexibility index (Phi) is 4.64. The number of anilines is 1. The van der Waals surface area contributed by atoms with Gasteiger partial charge in [0.1, 0.15) is 0 Å². The normalized spacial score (nSPS) is 15.7. The lowest BCUT2D eigenvalue weighted by Gasteiger charge is -2.23. The molecule has 0 N–H and O–H groups in total. The molecule has 0 atom stereocenters. The summed E-state index contributed by atoms with van der Waals surface area (Å²) in [5, 5.41) is 10.9. The van der Waals surface area contributed by atoms with E-state index in [9.17, 15) is 10.1 Å². The lowest BCUT2D eigenvalue weighted by atomic mass is 10.1. The molecule has 1 fully saturated rings. The number of alkyl halides is 1. The number of rotatable bonds is 5. The van der Waals surface area contributed by atoms with Crippen LogP contribution in [0.2, 0.25) is 0 Å². The second-order valence-electron chi connectivity index (χ2n) is 5.23. The van der Waals surface area contributed by atoms with E-state index in [0.29, 0.717) is 5.56 Å². The summed E-state index contributed by atoms with van der Waals surface area (Å²) in [6.07, 6.45) is 5.23. The zero-order valence-electron chi connectivity index (χ0n) is 11.1. The first kappa shape index (κ1) is 14.1. The van der Waals surface area contributed by atoms with Gasteiger partial charge in [0.05, 0.1) is 10.8 Å². The molecule has 0 aliphatic heterocycles. The van der Waals surface area contributed by atoms with Gasteiger partial charge >= 0.3 is 0 Å². The van der Waals surface area contributed by atoms with E-state index < -0.39 is 0 Å². The molecule has 0 heterocycles. The van der Waals surface area contributed by atoms with Gasteiger partial charge in [0.2, 0.25) is 0 Å². The second-order valence-corrected chi connectivity index (χ2v) is 5.50. The Hall–Kier alpha value is -1.29. The van der Waals surface area contributed by atoms with Gasteiger partial charge in [-0.2, -0.15) is 0 Å². The van der Waals surface area contributed by atoms with Crippen molar-refractivity contribution in [2.75, 3.05) is 18.5 Å². The Morgan fingerprint density at radius 2 is 2.11 bits per heavy atom. The Labute approximate surface area is 118 Å². The molecule has 1 aliphatic carbocycles. The quantitative estimate of drug-likeness (QED) is 0.466. The number of benzene rings is 1. The standard InChI is InChI=1S/C14H19ClN2O2/c1-16(10-11-4-2-3-5-11)13-6-7-14(17(18)19)12(8-13)9-15/h6-8,11H,2-5,9-10H2,1H3. The molecule has 1 saturated carbocycles. The molecule has 2 rings (SSSR count). The van der Waals surface area contributed by atoms with Gasteiger partial charge in [0, 0.05) is 30.9 Å². The third-order valence-corrected chi connectivity index (χ3v) is 4.14. The summed E-state index contributed by atoms with van der Waals surface area (Å²) in [4.78, 5) is 12.7. The zero-order valence-corrected chi connectivity index (χ0v) is 11.9. The third kappa shape index (κ3) is 3.38. The van der Waals surface area contributed by atoms with Crippen LogP contribution in [0, 0.1) is 16.0 Å². The average Bonchev–Trinajstić information content (AvgIpc) is 2.90. The molecule has 104 valence electrons. The minimum absolute atomic E-state index is 0.105. The molecule has 0 aromatic heterocycles. The van der Waals surface area contributed by atoms with Crippen molar-refractivity contribution in [1.29, 1.82) is 0 Å². The summed E-state index contributed by atoms with van der Waals surface area (Å²) in [5.74, 6) is 0.918. The number of nitrogens with zero attached hydrogens (tertiary/aromatic N) is 2. The van der Waals surface area contributed by atoms with Crippen molar-refractivity contribution in [2.24, 2.45) is 5.92 Å². The summed E-state index contributed by atoms with van der Waals surface area (Å²) in [7, 11) is 2.04. The van der Waals surface area contributed by atoms with Crippen LogP contribution in [-0.4, -0.2) is 18.5 Å². The minimum atomic E-state index is -0.377. The van der Waals surface area contributed by atoms with E-state index in [1.54, 1.807) is 6.07 Å². The molecular formula is C14H19ClN2O2. The largest absolute Gasteiger partial charge is 0.374 e. The van der Waals surface area contributed by atoms with Crippen molar-refractivity contribution in [3.05, 3.63) is 33.9 Å². The summed E-state index contributed by atoms with van der Waals surface area (Å²) in [5.41, 5.74) is 1.70. The first-order valence-electron chi connectivity index (χ1n) is 6.66. The Bertz CT molecular complexity index is 459. The smallest absolute Gasteiger partial charge is 0.273 e.